The van der Waals surface area contributed by atoms with Crippen molar-refractivity contribution in [3.63, 3.8) is 0 Å². The van der Waals surface area contributed by atoms with E-state index in [1.54, 1.807) is 11.8 Å². The molecule has 1 N–H and O–H groups in total. The van der Waals surface area contributed by atoms with Crippen molar-refractivity contribution in [1.29, 1.82) is 0 Å². The first-order valence-electron chi connectivity index (χ1n) is 4.84. The number of thioether (sulfide) groups is 1. The minimum absolute atomic E-state index is 0.529. The highest BCUT2D eigenvalue weighted by molar-refractivity contribution is 7.99. The third kappa shape index (κ3) is 3.91. The highest BCUT2D eigenvalue weighted by Crippen LogP contribution is 2.26. The zero-order valence-electron chi connectivity index (χ0n) is 8.59. The molecule has 1 aromatic rings. The van der Waals surface area contributed by atoms with Crippen LogP contribution in [0, 0.1) is 0 Å². The van der Waals surface area contributed by atoms with Crippen molar-refractivity contribution < 1.29 is 0 Å². The van der Waals surface area contributed by atoms with Gasteiger partial charge in [-0.3, -0.25) is 0 Å². The molecule has 0 aliphatic heterocycles. The maximum Gasteiger partial charge on any atom is 0.0541 e. The van der Waals surface area contributed by atoms with Gasteiger partial charge in [-0.05, 0) is 25.6 Å². The Bertz CT molecular complexity index is 278. The van der Waals surface area contributed by atoms with Crippen molar-refractivity contribution in [1.82, 2.24) is 5.32 Å². The van der Waals surface area contributed by atoms with E-state index in [2.05, 4.69) is 25.2 Å². The highest BCUT2D eigenvalue weighted by Gasteiger charge is 2.03. The van der Waals surface area contributed by atoms with E-state index in [0.29, 0.717) is 6.04 Å². The van der Waals surface area contributed by atoms with Crippen LogP contribution in [0.4, 0.5) is 0 Å². The zero-order valence-corrected chi connectivity index (χ0v) is 10.2. The van der Waals surface area contributed by atoms with Crippen molar-refractivity contribution in [2.45, 2.75) is 24.8 Å². The summed E-state index contributed by atoms with van der Waals surface area (Å²) in [6.07, 6.45) is 0. The van der Waals surface area contributed by atoms with Crippen molar-refractivity contribution in [2.24, 2.45) is 0 Å². The fourth-order valence-corrected chi connectivity index (χ4v) is 2.41. The molecule has 0 saturated heterocycles. The minimum atomic E-state index is 0.529. The summed E-state index contributed by atoms with van der Waals surface area (Å²) in [7, 11) is 0. The second kappa shape index (κ2) is 6.33. The largest absolute Gasteiger partial charge is 0.314 e. The van der Waals surface area contributed by atoms with Crippen LogP contribution in [-0.2, 0) is 0 Å². The van der Waals surface area contributed by atoms with E-state index >= 15 is 0 Å². The lowest BCUT2D eigenvalue weighted by Crippen LogP contribution is -2.27. The maximum absolute atomic E-state index is 6.04. The van der Waals surface area contributed by atoms with Crippen LogP contribution in [0.15, 0.2) is 29.2 Å². The molecule has 14 heavy (non-hydrogen) atoms. The van der Waals surface area contributed by atoms with Gasteiger partial charge in [-0.25, -0.2) is 0 Å². The summed E-state index contributed by atoms with van der Waals surface area (Å²) in [5, 5.41) is 4.22. The van der Waals surface area contributed by atoms with Crippen LogP contribution in [0.25, 0.3) is 0 Å². The van der Waals surface area contributed by atoms with E-state index in [1.807, 2.05) is 18.2 Å². The Morgan fingerprint density at radius 3 is 2.79 bits per heavy atom. The Morgan fingerprint density at radius 1 is 1.43 bits per heavy atom. The summed E-state index contributed by atoms with van der Waals surface area (Å²) in [5.74, 6) is 1.05. The summed E-state index contributed by atoms with van der Waals surface area (Å²) >= 11 is 7.84. The summed E-state index contributed by atoms with van der Waals surface area (Å²) in [4.78, 5) is 1.17. The van der Waals surface area contributed by atoms with Crippen molar-refractivity contribution in [3.8, 4) is 0 Å². The van der Waals surface area contributed by atoms with Gasteiger partial charge in [0, 0.05) is 16.7 Å². The molecule has 0 fully saturated rings. The quantitative estimate of drug-likeness (QED) is 0.777. The molecule has 1 rings (SSSR count). The van der Waals surface area contributed by atoms with Crippen molar-refractivity contribution in [3.05, 3.63) is 29.3 Å². The van der Waals surface area contributed by atoms with Crippen molar-refractivity contribution >= 4 is 23.4 Å². The molecule has 0 amide bonds. The smallest absolute Gasteiger partial charge is 0.0541 e. The Hall–Kier alpha value is -0.180. The molecule has 3 heteroatoms. The Kier molecular flexibility index (Phi) is 5.38. The average molecular weight is 230 g/mol. The molecule has 0 spiro atoms. The van der Waals surface area contributed by atoms with Crippen molar-refractivity contribution in [2.75, 3.05) is 12.3 Å². The number of nitrogens with one attached hydrogen (secondary N) is 1. The molecule has 0 aliphatic carbocycles. The number of halogens is 1. The van der Waals surface area contributed by atoms with E-state index in [9.17, 15) is 0 Å². The number of hydrogen-bond donors (Lipinski definition) is 1. The molecule has 1 atom stereocenters. The van der Waals surface area contributed by atoms with Gasteiger partial charge >= 0.3 is 0 Å². The Morgan fingerprint density at radius 2 is 2.14 bits per heavy atom. The van der Waals surface area contributed by atoms with Gasteiger partial charge in [0.25, 0.3) is 0 Å². The lowest BCUT2D eigenvalue weighted by Gasteiger charge is -2.11. The molecule has 1 unspecified atom stereocenters. The summed E-state index contributed by atoms with van der Waals surface area (Å²) < 4.78 is 0. The molecule has 78 valence electrons. The summed E-state index contributed by atoms with van der Waals surface area (Å²) in [5.41, 5.74) is 0. The fraction of sp³-hybridized carbons (Fsp3) is 0.455. The van der Waals surface area contributed by atoms with E-state index in [0.717, 1.165) is 17.3 Å². The second-order valence-electron chi connectivity index (χ2n) is 3.20. The first-order chi connectivity index (χ1) is 6.74. The minimum Gasteiger partial charge on any atom is -0.314 e. The molecule has 0 bridgehead atoms. The van der Waals surface area contributed by atoms with Crippen LogP contribution in [-0.4, -0.2) is 18.3 Å². The molecule has 1 nitrogen and oxygen atoms in total. The fourth-order valence-electron chi connectivity index (χ4n) is 1.18. The van der Waals surface area contributed by atoms with Crippen LogP contribution in [0.1, 0.15) is 13.8 Å². The van der Waals surface area contributed by atoms with Gasteiger partial charge in [0.15, 0.2) is 0 Å². The number of hydrogen-bond acceptors (Lipinski definition) is 2. The molecule has 0 aliphatic rings. The molecule has 0 aromatic heterocycles. The normalized spacial score (nSPS) is 12.8. The first-order valence-corrected chi connectivity index (χ1v) is 6.21. The second-order valence-corrected chi connectivity index (χ2v) is 4.67. The van der Waals surface area contributed by atoms with Gasteiger partial charge in [-0.2, -0.15) is 0 Å². The summed E-state index contributed by atoms with van der Waals surface area (Å²) in [6.45, 7) is 5.33. The van der Waals surface area contributed by atoms with Crippen LogP contribution in [0.2, 0.25) is 5.02 Å². The van der Waals surface area contributed by atoms with Crippen LogP contribution < -0.4 is 5.32 Å². The van der Waals surface area contributed by atoms with Crippen LogP contribution in [0.3, 0.4) is 0 Å². The molecular weight excluding hydrogens is 214 g/mol. The third-order valence-corrected chi connectivity index (χ3v) is 3.65. The highest BCUT2D eigenvalue weighted by atomic mass is 35.5. The Balaban J connectivity index is 2.41. The molecule has 0 radical (unpaired) electrons. The van der Waals surface area contributed by atoms with Crippen LogP contribution >= 0.6 is 23.4 Å². The van der Waals surface area contributed by atoms with E-state index < -0.39 is 0 Å². The van der Waals surface area contributed by atoms with Gasteiger partial charge in [-0.15, -0.1) is 11.8 Å². The molecular formula is C11H16ClNS. The predicted octanol–water partition coefficient (Wildman–Crippen LogP) is 3.43. The maximum atomic E-state index is 6.04. The van der Waals surface area contributed by atoms with Gasteiger partial charge < -0.3 is 5.32 Å². The van der Waals surface area contributed by atoms with E-state index in [4.69, 9.17) is 11.6 Å². The predicted molar refractivity (Wildman–Crippen MR) is 65.3 cm³/mol. The lowest BCUT2D eigenvalue weighted by molar-refractivity contribution is 0.620. The number of rotatable bonds is 5. The molecule has 1 aromatic carbocycles. The standard InChI is InChI=1S/C11H16ClNS/c1-3-13-9(2)8-14-11-7-5-4-6-10(11)12/h4-7,9,13H,3,8H2,1-2H3. The topological polar surface area (TPSA) is 12.0 Å². The Labute approximate surface area is 95.2 Å². The van der Waals surface area contributed by atoms with Gasteiger partial charge in [-0.1, -0.05) is 30.7 Å². The van der Waals surface area contributed by atoms with E-state index in [1.165, 1.54) is 4.90 Å². The van der Waals surface area contributed by atoms with Gasteiger partial charge in [0.05, 0.1) is 5.02 Å². The lowest BCUT2D eigenvalue weighted by atomic mass is 10.4. The monoisotopic (exact) mass is 229 g/mol. The first kappa shape index (κ1) is 11.9. The summed E-state index contributed by atoms with van der Waals surface area (Å²) in [6, 6.07) is 8.50. The average Bonchev–Trinajstić information content (AvgIpc) is 2.17. The zero-order chi connectivity index (χ0) is 10.4. The van der Waals surface area contributed by atoms with E-state index in [-0.39, 0.29) is 0 Å². The molecule has 0 heterocycles. The number of benzene rings is 1. The molecule has 0 saturated carbocycles. The SMILES string of the molecule is CCNC(C)CSc1ccccc1Cl. The van der Waals surface area contributed by atoms with Crippen LogP contribution in [0.5, 0.6) is 0 Å². The van der Waals surface area contributed by atoms with Gasteiger partial charge in [0.1, 0.15) is 0 Å². The third-order valence-electron chi connectivity index (χ3n) is 1.88. The van der Waals surface area contributed by atoms with Gasteiger partial charge in [0.2, 0.25) is 0 Å².